The second kappa shape index (κ2) is 7.34. The van der Waals surface area contributed by atoms with Crippen LogP contribution in [0.15, 0.2) is 18.2 Å². The summed E-state index contributed by atoms with van der Waals surface area (Å²) in [6.07, 6.45) is 0.0381. The molecular formula is C18H26BFO5. The Morgan fingerprint density at radius 3 is 2.32 bits per heavy atom. The maximum atomic E-state index is 14.2. The lowest BCUT2D eigenvalue weighted by Gasteiger charge is -2.32. The van der Waals surface area contributed by atoms with Gasteiger partial charge in [-0.2, -0.15) is 0 Å². The zero-order valence-corrected chi connectivity index (χ0v) is 15.7. The number of carbonyl (C=O) groups excluding carboxylic acids is 1. The fourth-order valence-corrected chi connectivity index (χ4v) is 2.74. The summed E-state index contributed by atoms with van der Waals surface area (Å²) in [4.78, 5) is 12.1. The Hall–Kier alpha value is -1.60. The maximum Gasteiger partial charge on any atom is 0.466 e. The summed E-state index contributed by atoms with van der Waals surface area (Å²) in [6, 6.07) is 4.61. The van der Waals surface area contributed by atoms with Gasteiger partial charge in [0.2, 0.25) is 0 Å². The monoisotopic (exact) mass is 352 g/mol. The van der Waals surface area contributed by atoms with Crippen LogP contribution in [0.2, 0.25) is 0 Å². The van der Waals surface area contributed by atoms with E-state index in [9.17, 15) is 9.18 Å². The van der Waals surface area contributed by atoms with Crippen molar-refractivity contribution in [2.45, 2.75) is 58.1 Å². The van der Waals surface area contributed by atoms with Gasteiger partial charge in [-0.15, -0.1) is 0 Å². The van der Waals surface area contributed by atoms with Gasteiger partial charge in [0.25, 0.3) is 0 Å². The molecule has 1 heterocycles. The van der Waals surface area contributed by atoms with Crippen LogP contribution in [0, 0.1) is 5.82 Å². The lowest BCUT2D eigenvalue weighted by atomic mass is 9.66. The van der Waals surface area contributed by atoms with Crippen molar-refractivity contribution in [3.63, 3.8) is 0 Å². The minimum atomic E-state index is -0.679. The molecule has 1 aliphatic heterocycles. The summed E-state index contributed by atoms with van der Waals surface area (Å²) in [5.74, 6) is -1.21. The Morgan fingerprint density at radius 2 is 1.84 bits per heavy atom. The summed E-state index contributed by atoms with van der Waals surface area (Å²) in [5.41, 5.74) is -0.490. The zero-order chi connectivity index (χ0) is 18.8. The molecule has 1 saturated heterocycles. The van der Waals surface area contributed by atoms with Crippen molar-refractivity contribution >= 4 is 13.1 Å². The highest BCUT2D eigenvalue weighted by Gasteiger charge is 2.54. The second-order valence-electron chi connectivity index (χ2n) is 7.13. The molecular weight excluding hydrogens is 326 g/mol. The SMILES string of the molecule is CCOC(=O)CC(B1OC(C)(C)C(C)(C)O1)c1ccc(OC)c(F)c1. The van der Waals surface area contributed by atoms with Gasteiger partial charge in [-0.05, 0) is 52.3 Å². The first-order valence-corrected chi connectivity index (χ1v) is 8.46. The van der Waals surface area contributed by atoms with Gasteiger partial charge in [-0.25, -0.2) is 4.39 Å². The Bertz CT molecular complexity index is 616. The summed E-state index contributed by atoms with van der Waals surface area (Å²) in [5, 5.41) is 0. The van der Waals surface area contributed by atoms with Crippen molar-refractivity contribution in [2.24, 2.45) is 0 Å². The third-order valence-electron chi connectivity index (χ3n) is 4.90. The van der Waals surface area contributed by atoms with E-state index in [1.165, 1.54) is 19.2 Å². The topological polar surface area (TPSA) is 54.0 Å². The molecule has 1 atom stereocenters. The predicted octanol–water partition coefficient (Wildman–Crippen LogP) is 3.50. The molecule has 0 radical (unpaired) electrons. The number of rotatable bonds is 6. The molecule has 1 aliphatic rings. The maximum absolute atomic E-state index is 14.2. The molecule has 1 aromatic carbocycles. The summed E-state index contributed by atoms with van der Waals surface area (Å²) in [6.45, 7) is 9.76. The van der Waals surface area contributed by atoms with E-state index >= 15 is 0 Å². The fraction of sp³-hybridized carbons (Fsp3) is 0.611. The number of ether oxygens (including phenoxy) is 2. The number of halogens is 1. The molecule has 5 nitrogen and oxygen atoms in total. The first kappa shape index (κ1) is 19.7. The fourth-order valence-electron chi connectivity index (χ4n) is 2.74. The predicted molar refractivity (Wildman–Crippen MR) is 93.0 cm³/mol. The number of hydrogen-bond acceptors (Lipinski definition) is 5. The molecule has 0 aromatic heterocycles. The molecule has 1 fully saturated rings. The Morgan fingerprint density at radius 1 is 1.24 bits per heavy atom. The quantitative estimate of drug-likeness (QED) is 0.579. The zero-order valence-electron chi connectivity index (χ0n) is 15.7. The van der Waals surface area contributed by atoms with E-state index < -0.39 is 30.0 Å². The molecule has 25 heavy (non-hydrogen) atoms. The van der Waals surface area contributed by atoms with Crippen LogP contribution in [-0.2, 0) is 18.8 Å². The van der Waals surface area contributed by atoms with Gasteiger partial charge < -0.3 is 18.8 Å². The lowest BCUT2D eigenvalue weighted by molar-refractivity contribution is -0.143. The van der Waals surface area contributed by atoms with Crippen LogP contribution >= 0.6 is 0 Å². The standard InChI is InChI=1S/C18H26BFO5/c1-7-23-16(21)11-13(12-8-9-15(22-6)14(20)10-12)19-24-17(2,3)18(4,5)25-19/h8-10,13H,7,11H2,1-6H3. The van der Waals surface area contributed by atoms with Crippen molar-refractivity contribution in [3.05, 3.63) is 29.6 Å². The number of methoxy groups -OCH3 is 1. The second-order valence-corrected chi connectivity index (χ2v) is 7.13. The van der Waals surface area contributed by atoms with Crippen molar-refractivity contribution in [1.82, 2.24) is 0 Å². The molecule has 1 aromatic rings. The lowest BCUT2D eigenvalue weighted by Crippen LogP contribution is -2.41. The first-order valence-electron chi connectivity index (χ1n) is 8.46. The summed E-state index contributed by atoms with van der Waals surface area (Å²) in [7, 11) is 0.727. The van der Waals surface area contributed by atoms with Crippen molar-refractivity contribution in [1.29, 1.82) is 0 Å². The van der Waals surface area contributed by atoms with Crippen LogP contribution < -0.4 is 4.74 Å². The van der Waals surface area contributed by atoms with Gasteiger partial charge in [-0.3, -0.25) is 4.79 Å². The average molecular weight is 352 g/mol. The van der Waals surface area contributed by atoms with E-state index in [1.807, 2.05) is 27.7 Å². The Kier molecular flexibility index (Phi) is 5.79. The average Bonchev–Trinajstić information content (AvgIpc) is 2.73. The van der Waals surface area contributed by atoms with Gasteiger partial charge in [-0.1, -0.05) is 6.07 Å². The molecule has 0 amide bonds. The molecule has 1 unspecified atom stereocenters. The Balaban J connectivity index is 2.34. The molecule has 0 bridgehead atoms. The van der Waals surface area contributed by atoms with E-state index in [-0.39, 0.29) is 24.7 Å². The van der Waals surface area contributed by atoms with E-state index in [1.54, 1.807) is 13.0 Å². The van der Waals surface area contributed by atoms with Crippen molar-refractivity contribution < 1.29 is 28.0 Å². The summed E-state index contributed by atoms with van der Waals surface area (Å²) >= 11 is 0. The van der Waals surface area contributed by atoms with Crippen molar-refractivity contribution in [2.75, 3.05) is 13.7 Å². The smallest absolute Gasteiger partial charge is 0.466 e. The molecule has 0 saturated carbocycles. The third kappa shape index (κ3) is 4.15. The van der Waals surface area contributed by atoms with Gasteiger partial charge in [0.05, 0.1) is 31.3 Å². The van der Waals surface area contributed by atoms with Crippen molar-refractivity contribution in [3.8, 4) is 5.75 Å². The van der Waals surface area contributed by atoms with Gasteiger partial charge in [0, 0.05) is 5.82 Å². The van der Waals surface area contributed by atoms with Gasteiger partial charge >= 0.3 is 13.1 Å². The molecule has 0 N–H and O–H groups in total. The van der Waals surface area contributed by atoms with Crippen LogP contribution in [0.5, 0.6) is 5.75 Å². The van der Waals surface area contributed by atoms with E-state index in [0.717, 1.165) is 0 Å². The van der Waals surface area contributed by atoms with Crippen LogP contribution in [0.3, 0.4) is 0 Å². The normalized spacial score (nSPS) is 19.6. The minimum absolute atomic E-state index is 0.0381. The first-order chi connectivity index (χ1) is 11.6. The molecule has 7 heteroatoms. The van der Waals surface area contributed by atoms with E-state index in [2.05, 4.69) is 0 Å². The van der Waals surface area contributed by atoms with Crippen LogP contribution in [0.1, 0.15) is 52.4 Å². The highest BCUT2D eigenvalue weighted by atomic mass is 19.1. The minimum Gasteiger partial charge on any atom is -0.494 e. The molecule has 0 spiro atoms. The van der Waals surface area contributed by atoms with Crippen LogP contribution in [-0.4, -0.2) is 38.0 Å². The van der Waals surface area contributed by atoms with Gasteiger partial charge in [0.1, 0.15) is 0 Å². The van der Waals surface area contributed by atoms with E-state index in [0.29, 0.717) is 5.56 Å². The number of benzene rings is 1. The number of carbonyl (C=O) groups is 1. The summed E-state index contributed by atoms with van der Waals surface area (Å²) < 4.78 is 36.3. The van der Waals surface area contributed by atoms with Gasteiger partial charge in [0.15, 0.2) is 11.6 Å². The van der Waals surface area contributed by atoms with Crippen LogP contribution in [0.25, 0.3) is 0 Å². The largest absolute Gasteiger partial charge is 0.494 e. The molecule has 2 rings (SSSR count). The highest BCUT2D eigenvalue weighted by molar-refractivity contribution is 6.48. The Labute approximate surface area is 148 Å². The van der Waals surface area contributed by atoms with E-state index in [4.69, 9.17) is 18.8 Å². The third-order valence-corrected chi connectivity index (χ3v) is 4.90. The van der Waals surface area contributed by atoms with Crippen LogP contribution in [0.4, 0.5) is 4.39 Å². The highest BCUT2D eigenvalue weighted by Crippen LogP contribution is 2.42. The molecule has 0 aliphatic carbocycles. The number of esters is 1. The number of hydrogen-bond donors (Lipinski definition) is 0. The molecule has 138 valence electrons.